The van der Waals surface area contributed by atoms with Gasteiger partial charge in [0.25, 0.3) is 0 Å². The van der Waals surface area contributed by atoms with Crippen molar-refractivity contribution in [3.63, 3.8) is 0 Å². The first-order chi connectivity index (χ1) is 40.7. The second-order valence-electron chi connectivity index (χ2n) is 21.6. The van der Waals surface area contributed by atoms with E-state index in [9.17, 15) is 0 Å². The largest absolute Gasteiger partial charge is 0.309 e. The van der Waals surface area contributed by atoms with Gasteiger partial charge in [0.05, 0.1) is 39.1 Å². The van der Waals surface area contributed by atoms with E-state index in [1.54, 1.807) is 0 Å². The van der Waals surface area contributed by atoms with Gasteiger partial charge in [-0.2, -0.15) is 5.10 Å². The first kappa shape index (κ1) is 47.4. The third kappa shape index (κ3) is 6.87. The van der Waals surface area contributed by atoms with Crippen molar-refractivity contribution in [2.24, 2.45) is 0 Å². The Morgan fingerprint density at radius 2 is 0.646 bits per heavy atom. The van der Waals surface area contributed by atoms with Crippen molar-refractivity contribution < 1.29 is 0 Å². The van der Waals surface area contributed by atoms with Crippen LogP contribution in [0, 0.1) is 0 Å². The molecule has 3 nitrogen and oxygen atoms in total. The molecule has 0 unspecified atom stereocenters. The van der Waals surface area contributed by atoms with Gasteiger partial charge in [-0.15, -0.1) is 0 Å². The zero-order valence-electron chi connectivity index (χ0n) is 44.9. The molecule has 0 fully saturated rings. The van der Waals surface area contributed by atoms with E-state index in [2.05, 4.69) is 331 Å². The van der Waals surface area contributed by atoms with Gasteiger partial charge in [0, 0.05) is 38.6 Å². The SMILES string of the molecule is c1ccc(-c2nn3c(-c4ccccc4)cc4c(N(c5cccc6c5-c5ccccc5C6(c5ccccc5)c5ccccc5)c5cccc6c5-c5ccccc5C6(c5ccccc5)c5ccccc5)cccc4c3c2-c2ccccc2)cc1. The molecule has 0 saturated heterocycles. The van der Waals surface area contributed by atoms with Gasteiger partial charge in [-0.05, 0) is 85.5 Å². The second kappa shape index (κ2) is 19.0. The molecule has 0 bridgehead atoms. The summed E-state index contributed by atoms with van der Waals surface area (Å²) in [6.45, 7) is 0. The van der Waals surface area contributed by atoms with Crippen LogP contribution in [0.3, 0.4) is 0 Å². The van der Waals surface area contributed by atoms with Crippen molar-refractivity contribution >= 4 is 33.4 Å². The fourth-order valence-corrected chi connectivity index (χ4v) is 14.3. The van der Waals surface area contributed by atoms with Gasteiger partial charge in [0.1, 0.15) is 5.69 Å². The van der Waals surface area contributed by atoms with E-state index in [0.717, 1.165) is 67.0 Å². The van der Waals surface area contributed by atoms with Crippen LogP contribution < -0.4 is 4.90 Å². The second-order valence-corrected chi connectivity index (χ2v) is 21.6. The van der Waals surface area contributed by atoms with E-state index in [1.807, 2.05) is 0 Å². The van der Waals surface area contributed by atoms with Crippen LogP contribution in [-0.2, 0) is 10.8 Å². The number of rotatable bonds is 10. The molecule has 82 heavy (non-hydrogen) atoms. The van der Waals surface area contributed by atoms with E-state index in [0.29, 0.717) is 0 Å². The first-order valence-electron chi connectivity index (χ1n) is 28.4. The summed E-state index contributed by atoms with van der Waals surface area (Å²) in [5.74, 6) is 0. The van der Waals surface area contributed by atoms with Crippen LogP contribution in [-0.4, -0.2) is 9.61 Å². The average molecular weight is 1040 g/mol. The molecular weight excluding hydrogens is 991 g/mol. The molecule has 2 aromatic heterocycles. The lowest BCUT2D eigenvalue weighted by molar-refractivity contribution is 0.768. The number of hydrogen-bond acceptors (Lipinski definition) is 2. The Morgan fingerprint density at radius 3 is 1.11 bits per heavy atom. The predicted molar refractivity (Wildman–Crippen MR) is 338 cm³/mol. The predicted octanol–water partition coefficient (Wildman–Crippen LogP) is 19.7. The molecule has 0 radical (unpaired) electrons. The lowest BCUT2D eigenvalue weighted by Crippen LogP contribution is -2.28. The molecule has 3 heteroatoms. The van der Waals surface area contributed by atoms with Crippen molar-refractivity contribution in [1.29, 1.82) is 0 Å². The molecule has 0 spiro atoms. The molecule has 0 saturated carbocycles. The highest BCUT2D eigenvalue weighted by molar-refractivity contribution is 6.15. The Balaban J connectivity index is 1.08. The number of fused-ring (bicyclic) bond motifs is 9. The highest BCUT2D eigenvalue weighted by atomic mass is 15.2. The molecular formula is C79H53N3. The monoisotopic (exact) mass is 1040 g/mol. The van der Waals surface area contributed by atoms with Crippen LogP contribution in [0.1, 0.15) is 44.5 Å². The van der Waals surface area contributed by atoms with Gasteiger partial charge < -0.3 is 4.90 Å². The van der Waals surface area contributed by atoms with E-state index >= 15 is 0 Å². The Morgan fingerprint density at radius 1 is 0.280 bits per heavy atom. The van der Waals surface area contributed by atoms with Crippen LogP contribution in [0.2, 0.25) is 0 Å². The molecule has 384 valence electrons. The summed E-state index contributed by atoms with van der Waals surface area (Å²) in [4.78, 5) is 2.63. The molecule has 2 heterocycles. The van der Waals surface area contributed by atoms with Crippen molar-refractivity contribution in [3.8, 4) is 55.9 Å². The molecule has 0 amide bonds. The van der Waals surface area contributed by atoms with Gasteiger partial charge in [0.15, 0.2) is 0 Å². The van der Waals surface area contributed by atoms with Crippen molar-refractivity contribution in [2.45, 2.75) is 10.8 Å². The lowest BCUT2D eigenvalue weighted by atomic mass is 9.67. The van der Waals surface area contributed by atoms with E-state index in [1.165, 1.54) is 66.8 Å². The average Bonchev–Trinajstić information content (AvgIpc) is 4.33. The molecule has 2 aliphatic rings. The summed E-state index contributed by atoms with van der Waals surface area (Å²) >= 11 is 0. The smallest absolute Gasteiger partial charge is 0.101 e. The maximum atomic E-state index is 5.67. The molecule has 2 aliphatic carbocycles. The first-order valence-corrected chi connectivity index (χ1v) is 28.4. The summed E-state index contributed by atoms with van der Waals surface area (Å²) < 4.78 is 2.21. The fourth-order valence-electron chi connectivity index (χ4n) is 14.3. The number of aromatic nitrogens is 2. The number of hydrogen-bond donors (Lipinski definition) is 0. The summed E-state index contributed by atoms with van der Waals surface area (Å²) in [6.07, 6.45) is 0. The van der Waals surface area contributed by atoms with Crippen molar-refractivity contribution in [3.05, 3.63) is 366 Å². The maximum absolute atomic E-state index is 5.67. The number of pyridine rings is 1. The molecule has 0 N–H and O–H groups in total. The molecule has 14 aromatic rings. The van der Waals surface area contributed by atoms with Gasteiger partial charge >= 0.3 is 0 Å². The van der Waals surface area contributed by atoms with Gasteiger partial charge in [-0.25, -0.2) is 4.52 Å². The highest BCUT2D eigenvalue weighted by Crippen LogP contribution is 2.63. The minimum absolute atomic E-state index is 0.626. The Kier molecular flexibility index (Phi) is 11.0. The van der Waals surface area contributed by atoms with Crippen LogP contribution in [0.15, 0.2) is 322 Å². The summed E-state index contributed by atoms with van der Waals surface area (Å²) in [5, 5.41) is 7.88. The molecule has 12 aromatic carbocycles. The topological polar surface area (TPSA) is 20.5 Å². The minimum atomic E-state index is -0.626. The quantitative estimate of drug-likeness (QED) is 0.136. The van der Waals surface area contributed by atoms with Gasteiger partial charge in [-0.1, -0.05) is 297 Å². The third-order valence-electron chi connectivity index (χ3n) is 17.6. The van der Waals surface area contributed by atoms with Crippen LogP contribution in [0.5, 0.6) is 0 Å². The molecule has 0 aliphatic heterocycles. The number of nitrogens with zero attached hydrogens (tertiary/aromatic N) is 3. The van der Waals surface area contributed by atoms with E-state index in [4.69, 9.17) is 5.10 Å². The van der Waals surface area contributed by atoms with E-state index in [-0.39, 0.29) is 0 Å². The van der Waals surface area contributed by atoms with Gasteiger partial charge in [0.2, 0.25) is 0 Å². The lowest BCUT2D eigenvalue weighted by Gasteiger charge is -2.35. The minimum Gasteiger partial charge on any atom is -0.309 e. The summed E-state index contributed by atoms with van der Waals surface area (Å²) in [5.41, 5.74) is 24.1. The maximum Gasteiger partial charge on any atom is 0.101 e. The normalized spacial score (nSPS) is 13.3. The van der Waals surface area contributed by atoms with Crippen LogP contribution in [0.4, 0.5) is 17.1 Å². The van der Waals surface area contributed by atoms with Gasteiger partial charge in [-0.3, -0.25) is 0 Å². The summed E-state index contributed by atoms with van der Waals surface area (Å²) in [6, 6.07) is 119. The van der Waals surface area contributed by atoms with Crippen molar-refractivity contribution in [1.82, 2.24) is 9.61 Å². The van der Waals surface area contributed by atoms with Crippen LogP contribution in [0.25, 0.3) is 72.2 Å². The Labute approximate surface area is 478 Å². The summed E-state index contributed by atoms with van der Waals surface area (Å²) in [7, 11) is 0. The van der Waals surface area contributed by atoms with Crippen molar-refractivity contribution in [2.75, 3.05) is 4.90 Å². The third-order valence-corrected chi connectivity index (χ3v) is 17.6. The van der Waals surface area contributed by atoms with E-state index < -0.39 is 10.8 Å². The number of benzene rings is 12. The highest BCUT2D eigenvalue weighted by Gasteiger charge is 2.50. The Bertz CT molecular complexity index is 4450. The zero-order chi connectivity index (χ0) is 54.2. The standard InChI is InChI=1S/C79H53N3/c1-8-29-54(30-9-1)72-53-64-61(77-73(55-31-10-2-11-32-55)76(80-82(72)77)56-33-12-3-13-34-56)45-26-50-69(64)81(70-51-27-48-67-74(70)62-43-22-24-46-65(62)78(67,57-35-14-4-15-36-57)58-37-16-5-17-38-58)71-52-28-49-68-75(71)63-44-23-25-47-66(63)79(68,59-39-18-6-19-40-59)60-41-20-7-21-42-60/h1-53H. The number of anilines is 3. The molecule has 0 atom stereocenters. The fraction of sp³-hybridized carbons (Fsp3) is 0.0253. The zero-order valence-corrected chi connectivity index (χ0v) is 44.9. The van der Waals surface area contributed by atoms with Crippen LogP contribution >= 0.6 is 0 Å². The Hall–Kier alpha value is -10.6. The molecule has 16 rings (SSSR count).